The molecular weight excluding hydrogens is 378 g/mol. The molecule has 0 spiro atoms. The number of hydrogen-bond donors (Lipinski definition) is 1. The summed E-state index contributed by atoms with van der Waals surface area (Å²) in [6.07, 6.45) is 8.04. The lowest BCUT2D eigenvalue weighted by molar-refractivity contribution is -0.116. The number of hydrogen-bond acceptors (Lipinski definition) is 3. The smallest absolute Gasteiger partial charge is 0.226 e. The minimum Gasteiger partial charge on any atom is -0.347 e. The zero-order valence-corrected chi connectivity index (χ0v) is 18.1. The summed E-state index contributed by atoms with van der Waals surface area (Å²) in [4.78, 5) is 20.0. The monoisotopic (exact) mass is 409 g/mol. The highest BCUT2D eigenvalue weighted by Crippen LogP contribution is 2.29. The van der Waals surface area contributed by atoms with Crippen molar-refractivity contribution in [3.05, 3.63) is 29.8 Å². The van der Waals surface area contributed by atoms with E-state index in [-0.39, 0.29) is 24.4 Å². The third-order valence-corrected chi connectivity index (χ3v) is 6.33. The number of carbonyl (C=O) groups excluding carboxylic acids is 1. The molecule has 150 valence electrons. The van der Waals surface area contributed by atoms with Gasteiger partial charge in [0.2, 0.25) is 5.91 Å². The second-order valence-electron chi connectivity index (χ2n) is 7.48. The molecule has 0 radical (unpaired) electrons. The summed E-state index contributed by atoms with van der Waals surface area (Å²) in [5, 5.41) is 4.21. The van der Waals surface area contributed by atoms with Crippen molar-refractivity contribution in [2.45, 2.75) is 70.9 Å². The van der Waals surface area contributed by atoms with E-state index in [2.05, 4.69) is 24.1 Å². The van der Waals surface area contributed by atoms with Gasteiger partial charge in [0.15, 0.2) is 5.17 Å². The van der Waals surface area contributed by atoms with Crippen LogP contribution in [0, 0.1) is 6.92 Å². The number of anilines is 1. The molecule has 0 bridgehead atoms. The molecule has 1 saturated carbocycles. The maximum atomic E-state index is 12.5. The summed E-state index contributed by atoms with van der Waals surface area (Å²) < 4.78 is 0. The van der Waals surface area contributed by atoms with Gasteiger partial charge in [-0.15, -0.1) is 12.4 Å². The highest BCUT2D eigenvalue weighted by Gasteiger charge is 2.32. The molecule has 2 fully saturated rings. The zero-order valence-electron chi connectivity index (χ0n) is 16.4. The first-order chi connectivity index (χ1) is 12.7. The van der Waals surface area contributed by atoms with Gasteiger partial charge in [-0.2, -0.15) is 0 Å². The number of nitrogens with zero attached hydrogens (tertiary/aromatic N) is 2. The van der Waals surface area contributed by atoms with Crippen molar-refractivity contribution in [1.82, 2.24) is 4.90 Å². The van der Waals surface area contributed by atoms with Crippen LogP contribution >= 0.6 is 24.2 Å². The molecule has 0 aromatic heterocycles. The van der Waals surface area contributed by atoms with Gasteiger partial charge < -0.3 is 10.2 Å². The van der Waals surface area contributed by atoms with E-state index in [0.717, 1.165) is 24.4 Å². The molecule has 1 heterocycles. The van der Waals surface area contributed by atoms with Crippen LogP contribution in [0.5, 0.6) is 0 Å². The lowest BCUT2D eigenvalue weighted by Gasteiger charge is -2.27. The SMILES string of the molecule is CCCN1C(=NC2CCCCC2)SCC1CC(=O)Nc1ccc(C)cc1.Cl. The molecular formula is C21H32ClN3OS. The molecule has 1 aromatic carbocycles. The highest BCUT2D eigenvalue weighted by molar-refractivity contribution is 8.14. The number of carbonyl (C=O) groups is 1. The van der Waals surface area contributed by atoms with Crippen LogP contribution in [0.25, 0.3) is 0 Å². The number of aryl methyl sites for hydroxylation is 1. The van der Waals surface area contributed by atoms with Gasteiger partial charge in [-0.05, 0) is 38.3 Å². The van der Waals surface area contributed by atoms with Crippen LogP contribution in [-0.4, -0.2) is 40.4 Å². The molecule has 1 unspecified atom stereocenters. The first kappa shape index (κ1) is 22.1. The number of aliphatic imine (C=N–C) groups is 1. The summed E-state index contributed by atoms with van der Waals surface area (Å²) in [5.74, 6) is 1.06. The van der Waals surface area contributed by atoms with Crippen molar-refractivity contribution in [3.63, 3.8) is 0 Å². The zero-order chi connectivity index (χ0) is 18.4. The maximum Gasteiger partial charge on any atom is 0.226 e. The largest absolute Gasteiger partial charge is 0.347 e. The van der Waals surface area contributed by atoms with Crippen molar-refractivity contribution in [1.29, 1.82) is 0 Å². The number of thioether (sulfide) groups is 1. The number of nitrogens with one attached hydrogen (secondary N) is 1. The first-order valence-corrected chi connectivity index (χ1v) is 11.0. The van der Waals surface area contributed by atoms with E-state index >= 15 is 0 Å². The summed E-state index contributed by atoms with van der Waals surface area (Å²) in [6, 6.07) is 8.74. The Morgan fingerprint density at radius 1 is 1.22 bits per heavy atom. The Bertz CT molecular complexity index is 629. The topological polar surface area (TPSA) is 44.7 Å². The lowest BCUT2D eigenvalue weighted by Crippen LogP contribution is -2.37. The van der Waals surface area contributed by atoms with Crippen LogP contribution in [0.2, 0.25) is 0 Å². The Morgan fingerprint density at radius 2 is 1.93 bits per heavy atom. The van der Waals surface area contributed by atoms with Gasteiger partial charge in [0.25, 0.3) is 0 Å². The number of amides is 1. The van der Waals surface area contributed by atoms with Crippen molar-refractivity contribution >= 4 is 40.9 Å². The average Bonchev–Trinajstić information content (AvgIpc) is 3.00. The van der Waals surface area contributed by atoms with Crippen molar-refractivity contribution < 1.29 is 4.79 Å². The third-order valence-electron chi connectivity index (χ3n) is 5.18. The minimum absolute atomic E-state index is 0. The fourth-order valence-corrected chi connectivity index (χ4v) is 5.00. The van der Waals surface area contributed by atoms with Gasteiger partial charge in [-0.1, -0.05) is 55.6 Å². The normalized spacial score (nSPS) is 21.9. The van der Waals surface area contributed by atoms with Gasteiger partial charge in [-0.3, -0.25) is 9.79 Å². The summed E-state index contributed by atoms with van der Waals surface area (Å²) in [7, 11) is 0. The molecule has 4 nitrogen and oxygen atoms in total. The second kappa shape index (κ2) is 11.0. The Kier molecular flexibility index (Phi) is 8.97. The predicted molar refractivity (Wildman–Crippen MR) is 119 cm³/mol. The van der Waals surface area contributed by atoms with E-state index in [9.17, 15) is 4.79 Å². The first-order valence-electron chi connectivity index (χ1n) is 9.99. The quantitative estimate of drug-likeness (QED) is 0.696. The van der Waals surface area contributed by atoms with E-state index in [4.69, 9.17) is 4.99 Å². The molecule has 27 heavy (non-hydrogen) atoms. The van der Waals surface area contributed by atoms with Gasteiger partial charge in [0, 0.05) is 30.4 Å². The number of benzene rings is 1. The van der Waals surface area contributed by atoms with Gasteiger partial charge in [0.05, 0.1) is 6.04 Å². The summed E-state index contributed by atoms with van der Waals surface area (Å²) in [6.45, 7) is 5.24. The summed E-state index contributed by atoms with van der Waals surface area (Å²) >= 11 is 1.84. The third kappa shape index (κ3) is 6.42. The maximum absolute atomic E-state index is 12.5. The van der Waals surface area contributed by atoms with Crippen molar-refractivity contribution in [2.75, 3.05) is 17.6 Å². The molecule has 1 amide bonds. The van der Waals surface area contributed by atoms with Gasteiger partial charge in [0.1, 0.15) is 0 Å². The fourth-order valence-electron chi connectivity index (χ4n) is 3.73. The van der Waals surface area contributed by atoms with Crippen LogP contribution in [-0.2, 0) is 4.79 Å². The average molecular weight is 410 g/mol. The van der Waals surface area contributed by atoms with Crippen molar-refractivity contribution in [3.8, 4) is 0 Å². The lowest BCUT2D eigenvalue weighted by atomic mass is 9.96. The van der Waals surface area contributed by atoms with E-state index in [1.165, 1.54) is 42.8 Å². The molecule has 6 heteroatoms. The van der Waals surface area contributed by atoms with Crippen LogP contribution in [0.3, 0.4) is 0 Å². The van der Waals surface area contributed by atoms with Crippen LogP contribution in [0.4, 0.5) is 5.69 Å². The van der Waals surface area contributed by atoms with Crippen molar-refractivity contribution in [2.24, 2.45) is 4.99 Å². The van der Waals surface area contributed by atoms with Crippen LogP contribution in [0.1, 0.15) is 57.4 Å². The van der Waals surface area contributed by atoms with E-state index in [1.54, 1.807) is 0 Å². The molecule has 1 atom stereocenters. The van der Waals surface area contributed by atoms with E-state index in [0.29, 0.717) is 12.5 Å². The van der Waals surface area contributed by atoms with E-state index in [1.807, 2.05) is 36.0 Å². The molecule has 1 aliphatic heterocycles. The number of rotatable bonds is 6. The van der Waals surface area contributed by atoms with Crippen LogP contribution in [0.15, 0.2) is 29.3 Å². The van der Waals surface area contributed by atoms with Gasteiger partial charge in [-0.25, -0.2) is 0 Å². The Hall–Kier alpha value is -1.20. The number of halogens is 1. The molecule has 3 rings (SSSR count). The predicted octanol–water partition coefficient (Wildman–Crippen LogP) is 5.26. The molecule has 1 saturated heterocycles. The molecule has 1 aromatic rings. The Morgan fingerprint density at radius 3 is 2.59 bits per heavy atom. The number of amidine groups is 1. The molecule has 2 aliphatic rings. The summed E-state index contributed by atoms with van der Waals surface area (Å²) in [5.41, 5.74) is 2.08. The second-order valence-corrected chi connectivity index (χ2v) is 8.47. The fraction of sp³-hybridized carbons (Fsp3) is 0.619. The minimum atomic E-state index is 0. The molecule has 1 aliphatic carbocycles. The Balaban J connectivity index is 0.00000261. The molecule has 1 N–H and O–H groups in total. The highest BCUT2D eigenvalue weighted by atomic mass is 35.5. The standard InChI is InChI=1S/C21H31N3OS.ClH/c1-3-13-24-19(14-20(25)22-18-11-9-16(2)10-12-18)15-26-21(24)23-17-7-5-4-6-8-17;/h9-12,17,19H,3-8,13-15H2,1-2H3,(H,22,25);1H. The van der Waals surface area contributed by atoms with Crippen LogP contribution < -0.4 is 5.32 Å². The Labute approximate surface area is 174 Å². The van der Waals surface area contributed by atoms with Gasteiger partial charge >= 0.3 is 0 Å². The van der Waals surface area contributed by atoms with E-state index < -0.39 is 0 Å².